The molecule has 0 aromatic carbocycles. The normalized spacial score (nSPS) is 33.8. The zero-order chi connectivity index (χ0) is 11.6. The number of fused-ring (bicyclic) bond motifs is 1. The summed E-state index contributed by atoms with van der Waals surface area (Å²) in [6.45, 7) is 5.94. The molecule has 0 bridgehead atoms. The maximum absolute atomic E-state index is 3.41. The molecule has 2 rings (SSSR count). The van der Waals surface area contributed by atoms with Gasteiger partial charge in [0.15, 0.2) is 0 Å². The highest BCUT2D eigenvalue weighted by atomic mass is 14.8. The van der Waals surface area contributed by atoms with Gasteiger partial charge in [-0.3, -0.25) is 0 Å². The van der Waals surface area contributed by atoms with E-state index in [1.807, 2.05) is 0 Å². The Balaban J connectivity index is 2.17. The van der Waals surface area contributed by atoms with E-state index in [1.165, 1.54) is 32.2 Å². The van der Waals surface area contributed by atoms with Gasteiger partial charge < -0.3 is 5.32 Å². The van der Waals surface area contributed by atoms with Crippen molar-refractivity contribution in [2.75, 3.05) is 13.6 Å². The fraction of sp³-hybridized carbons (Fsp3) is 0.733. The summed E-state index contributed by atoms with van der Waals surface area (Å²) in [5, 5.41) is 3.41. The molecule has 1 nitrogen and oxygen atoms in total. The first-order valence-electron chi connectivity index (χ1n) is 6.68. The Morgan fingerprint density at radius 2 is 2.31 bits per heavy atom. The molecule has 1 fully saturated rings. The minimum atomic E-state index is 0.502. The van der Waals surface area contributed by atoms with Crippen LogP contribution in [-0.4, -0.2) is 13.6 Å². The Bertz CT molecular complexity index is 301. The van der Waals surface area contributed by atoms with Crippen LogP contribution in [-0.2, 0) is 0 Å². The second kappa shape index (κ2) is 4.75. The number of allylic oxidation sites excluding steroid dienone is 4. The average Bonchev–Trinajstić information content (AvgIpc) is 2.29. The van der Waals surface area contributed by atoms with Crippen molar-refractivity contribution in [3.63, 3.8) is 0 Å². The first-order chi connectivity index (χ1) is 7.68. The van der Waals surface area contributed by atoms with Crippen molar-refractivity contribution in [1.29, 1.82) is 0 Å². The molecule has 0 spiro atoms. The highest BCUT2D eigenvalue weighted by Gasteiger charge is 2.39. The molecular weight excluding hydrogens is 194 g/mol. The summed E-state index contributed by atoms with van der Waals surface area (Å²) in [4.78, 5) is 0. The Kier molecular flexibility index (Phi) is 3.53. The van der Waals surface area contributed by atoms with Gasteiger partial charge in [0.1, 0.15) is 0 Å². The molecule has 2 unspecified atom stereocenters. The quantitative estimate of drug-likeness (QED) is 0.765. The van der Waals surface area contributed by atoms with Crippen LogP contribution in [0.1, 0.15) is 39.5 Å². The van der Waals surface area contributed by atoms with E-state index >= 15 is 0 Å². The number of hydrogen-bond acceptors (Lipinski definition) is 1. The summed E-state index contributed by atoms with van der Waals surface area (Å²) in [5.41, 5.74) is 2.21. The smallest absolute Gasteiger partial charge is 0.00103 e. The molecular formula is C15H25N. The lowest BCUT2D eigenvalue weighted by molar-refractivity contribution is 0.126. The van der Waals surface area contributed by atoms with Gasteiger partial charge in [-0.05, 0) is 50.0 Å². The second-order valence-corrected chi connectivity index (χ2v) is 5.87. The molecule has 0 aromatic rings. The van der Waals surface area contributed by atoms with Crippen LogP contribution in [0.25, 0.3) is 0 Å². The standard InChI is InChI=1S/C15H25N/c1-12(2)15(11-16-3)9-8-13-6-4-5-7-14(13)10-15/h4-5,7,12-13,16H,6,8-11H2,1-3H3. The van der Waals surface area contributed by atoms with Crippen molar-refractivity contribution in [1.82, 2.24) is 5.32 Å². The summed E-state index contributed by atoms with van der Waals surface area (Å²) < 4.78 is 0. The van der Waals surface area contributed by atoms with Crippen LogP contribution in [0.4, 0.5) is 0 Å². The Hall–Kier alpha value is -0.560. The Labute approximate surface area is 100 Å². The zero-order valence-corrected chi connectivity index (χ0v) is 10.9. The topological polar surface area (TPSA) is 12.0 Å². The molecule has 0 amide bonds. The first kappa shape index (κ1) is 11.9. The third-order valence-electron chi connectivity index (χ3n) is 4.69. The van der Waals surface area contributed by atoms with Crippen molar-refractivity contribution in [2.24, 2.45) is 17.3 Å². The van der Waals surface area contributed by atoms with E-state index in [0.717, 1.165) is 11.8 Å². The lowest BCUT2D eigenvalue weighted by Gasteiger charge is -2.45. The Morgan fingerprint density at radius 1 is 1.50 bits per heavy atom. The number of nitrogens with one attached hydrogen (secondary N) is 1. The highest BCUT2D eigenvalue weighted by Crippen LogP contribution is 2.48. The minimum Gasteiger partial charge on any atom is -0.319 e. The minimum absolute atomic E-state index is 0.502. The van der Waals surface area contributed by atoms with Crippen molar-refractivity contribution < 1.29 is 0 Å². The molecule has 0 aliphatic heterocycles. The summed E-state index contributed by atoms with van der Waals surface area (Å²) in [6.07, 6.45) is 12.3. The monoisotopic (exact) mass is 219 g/mol. The third-order valence-corrected chi connectivity index (χ3v) is 4.69. The molecule has 16 heavy (non-hydrogen) atoms. The molecule has 0 radical (unpaired) electrons. The largest absolute Gasteiger partial charge is 0.319 e. The molecule has 1 saturated carbocycles. The van der Waals surface area contributed by atoms with Crippen LogP contribution in [0.3, 0.4) is 0 Å². The van der Waals surface area contributed by atoms with Crippen LogP contribution >= 0.6 is 0 Å². The molecule has 1 N–H and O–H groups in total. The Morgan fingerprint density at radius 3 is 3.00 bits per heavy atom. The fourth-order valence-corrected chi connectivity index (χ4v) is 3.38. The van der Waals surface area contributed by atoms with Gasteiger partial charge in [-0.2, -0.15) is 0 Å². The van der Waals surface area contributed by atoms with Crippen molar-refractivity contribution >= 4 is 0 Å². The van der Waals surface area contributed by atoms with Gasteiger partial charge in [-0.15, -0.1) is 0 Å². The molecule has 2 atom stereocenters. The first-order valence-corrected chi connectivity index (χ1v) is 6.68. The van der Waals surface area contributed by atoms with Gasteiger partial charge in [0.2, 0.25) is 0 Å². The van der Waals surface area contributed by atoms with Crippen LogP contribution in [0.2, 0.25) is 0 Å². The molecule has 1 heteroatoms. The number of rotatable bonds is 3. The highest BCUT2D eigenvalue weighted by molar-refractivity contribution is 5.24. The number of hydrogen-bond donors (Lipinski definition) is 1. The lowest BCUT2D eigenvalue weighted by Crippen LogP contribution is -2.41. The average molecular weight is 219 g/mol. The summed E-state index contributed by atoms with van der Waals surface area (Å²) >= 11 is 0. The molecule has 0 heterocycles. The van der Waals surface area contributed by atoms with Gasteiger partial charge in [-0.25, -0.2) is 0 Å². The van der Waals surface area contributed by atoms with Gasteiger partial charge in [-0.1, -0.05) is 37.6 Å². The van der Waals surface area contributed by atoms with Gasteiger partial charge in [0.05, 0.1) is 0 Å². The van der Waals surface area contributed by atoms with E-state index in [4.69, 9.17) is 0 Å². The lowest BCUT2D eigenvalue weighted by atomic mass is 9.61. The summed E-state index contributed by atoms with van der Waals surface area (Å²) in [6, 6.07) is 0. The summed E-state index contributed by atoms with van der Waals surface area (Å²) in [5.74, 6) is 1.63. The zero-order valence-electron chi connectivity index (χ0n) is 10.9. The van der Waals surface area contributed by atoms with Crippen molar-refractivity contribution in [3.05, 3.63) is 23.8 Å². The predicted octanol–water partition coefficient (Wildman–Crippen LogP) is 3.53. The van der Waals surface area contributed by atoms with Crippen molar-refractivity contribution in [2.45, 2.75) is 39.5 Å². The second-order valence-electron chi connectivity index (χ2n) is 5.87. The van der Waals surface area contributed by atoms with Crippen LogP contribution in [0.5, 0.6) is 0 Å². The molecule has 2 aliphatic rings. The van der Waals surface area contributed by atoms with Gasteiger partial charge in [0, 0.05) is 6.54 Å². The van der Waals surface area contributed by atoms with Crippen molar-refractivity contribution in [3.8, 4) is 0 Å². The van der Waals surface area contributed by atoms with Crippen LogP contribution < -0.4 is 5.32 Å². The van der Waals surface area contributed by atoms with Crippen LogP contribution in [0.15, 0.2) is 23.8 Å². The van der Waals surface area contributed by atoms with E-state index in [0.29, 0.717) is 5.41 Å². The molecule has 2 aliphatic carbocycles. The third kappa shape index (κ3) is 2.10. The van der Waals surface area contributed by atoms with E-state index < -0.39 is 0 Å². The maximum Gasteiger partial charge on any atom is 0.00103 e. The van der Waals surface area contributed by atoms with Gasteiger partial charge >= 0.3 is 0 Å². The van der Waals surface area contributed by atoms with E-state index in [2.05, 4.69) is 44.4 Å². The maximum atomic E-state index is 3.41. The van der Waals surface area contributed by atoms with E-state index in [1.54, 1.807) is 5.57 Å². The molecule has 0 aromatic heterocycles. The van der Waals surface area contributed by atoms with Gasteiger partial charge in [0.25, 0.3) is 0 Å². The molecule has 0 saturated heterocycles. The summed E-state index contributed by atoms with van der Waals surface area (Å²) in [7, 11) is 2.09. The van der Waals surface area contributed by atoms with E-state index in [-0.39, 0.29) is 0 Å². The van der Waals surface area contributed by atoms with E-state index in [9.17, 15) is 0 Å². The predicted molar refractivity (Wildman–Crippen MR) is 70.4 cm³/mol. The molecule has 90 valence electrons. The van der Waals surface area contributed by atoms with Crippen LogP contribution in [0, 0.1) is 17.3 Å². The SMILES string of the molecule is CNCC1(C(C)C)CCC2CC=CC=C2C1. The fourth-order valence-electron chi connectivity index (χ4n) is 3.38.